The molecule has 8 nitrogen and oxygen atoms in total. The van der Waals surface area contributed by atoms with Crippen LogP contribution in [0.1, 0.15) is 18.1 Å². The number of nitrogens with one attached hydrogen (secondary N) is 1. The Balaban J connectivity index is 1.95. The Kier molecular flexibility index (Phi) is 6.62. The lowest BCUT2D eigenvalue weighted by atomic mass is 10.1. The molecule has 0 spiro atoms. The quantitative estimate of drug-likeness (QED) is 0.400. The van der Waals surface area contributed by atoms with Crippen molar-refractivity contribution in [1.29, 1.82) is 0 Å². The minimum Gasteiger partial charge on any atom is -0.377 e. The van der Waals surface area contributed by atoms with E-state index in [-0.39, 0.29) is 13.1 Å². The number of urea groups is 1. The number of imide groups is 2. The summed E-state index contributed by atoms with van der Waals surface area (Å²) in [5.41, 5.74) is 1.81. The summed E-state index contributed by atoms with van der Waals surface area (Å²) >= 11 is 0. The molecule has 1 heterocycles. The summed E-state index contributed by atoms with van der Waals surface area (Å²) in [4.78, 5) is 49.2. The van der Waals surface area contributed by atoms with Gasteiger partial charge in [-0.2, -0.15) is 0 Å². The van der Waals surface area contributed by atoms with Gasteiger partial charge in [-0.1, -0.05) is 30.3 Å². The van der Waals surface area contributed by atoms with Crippen LogP contribution in [-0.4, -0.2) is 53.2 Å². The number of carbonyl (C=O) groups excluding carboxylic acids is 4. The zero-order valence-electron chi connectivity index (χ0n) is 14.6. The predicted octanol–water partition coefficient (Wildman–Crippen LogP) is 0.816. The fraction of sp³-hybridized carbons (Fsp3) is 0.333. The molecule has 2 rings (SSSR count). The van der Waals surface area contributed by atoms with Crippen molar-refractivity contribution < 1.29 is 23.9 Å². The maximum atomic E-state index is 12.1. The van der Waals surface area contributed by atoms with E-state index in [2.05, 4.69) is 11.9 Å². The lowest BCUT2D eigenvalue weighted by molar-refractivity contribution is -0.143. The third-order valence-corrected chi connectivity index (χ3v) is 3.80. The molecule has 8 heteroatoms. The maximum absolute atomic E-state index is 12.1. The molecule has 1 aliphatic rings. The van der Waals surface area contributed by atoms with Crippen LogP contribution < -0.4 is 5.32 Å². The molecule has 5 amide bonds. The Morgan fingerprint density at radius 1 is 1.15 bits per heavy atom. The van der Waals surface area contributed by atoms with E-state index in [4.69, 9.17) is 4.74 Å². The van der Waals surface area contributed by atoms with Crippen LogP contribution in [0.5, 0.6) is 0 Å². The molecule has 1 N–H and O–H groups in total. The van der Waals surface area contributed by atoms with Crippen molar-refractivity contribution in [2.24, 2.45) is 0 Å². The highest BCUT2D eigenvalue weighted by atomic mass is 16.5. The topological polar surface area (TPSA) is 96.0 Å². The molecule has 1 aromatic carbocycles. The van der Waals surface area contributed by atoms with Crippen molar-refractivity contribution in [3.8, 4) is 0 Å². The molecule has 138 valence electrons. The summed E-state index contributed by atoms with van der Waals surface area (Å²) in [6, 6.07) is 6.66. The lowest BCUT2D eigenvalue weighted by Gasteiger charge is -2.15. The predicted molar refractivity (Wildman–Crippen MR) is 92.6 cm³/mol. The molecule has 0 aliphatic carbocycles. The number of hydrogen-bond acceptors (Lipinski definition) is 5. The fourth-order valence-corrected chi connectivity index (χ4v) is 2.46. The van der Waals surface area contributed by atoms with Crippen molar-refractivity contribution >= 4 is 23.8 Å². The SMILES string of the molecule is C=CCN1C(=O)C(=O)N(CC(=O)NCc2ccccc2COCC)C1=O. The van der Waals surface area contributed by atoms with Crippen LogP contribution in [0.3, 0.4) is 0 Å². The first kappa shape index (κ1) is 19.3. The van der Waals surface area contributed by atoms with Crippen LogP contribution in [0.4, 0.5) is 4.79 Å². The summed E-state index contributed by atoms with van der Waals surface area (Å²) in [7, 11) is 0. The van der Waals surface area contributed by atoms with Gasteiger partial charge in [0.2, 0.25) is 5.91 Å². The van der Waals surface area contributed by atoms with Gasteiger partial charge in [0.05, 0.1) is 6.61 Å². The zero-order valence-corrected chi connectivity index (χ0v) is 14.6. The molecule has 0 saturated carbocycles. The van der Waals surface area contributed by atoms with E-state index in [1.165, 1.54) is 6.08 Å². The van der Waals surface area contributed by atoms with Gasteiger partial charge in [0.25, 0.3) is 0 Å². The molecule has 1 aliphatic heterocycles. The van der Waals surface area contributed by atoms with Crippen LogP contribution in [0, 0.1) is 0 Å². The van der Waals surface area contributed by atoms with Gasteiger partial charge in [-0.05, 0) is 18.1 Å². The van der Waals surface area contributed by atoms with Gasteiger partial charge in [0.15, 0.2) is 0 Å². The van der Waals surface area contributed by atoms with Crippen molar-refractivity contribution in [1.82, 2.24) is 15.1 Å². The molecule has 0 radical (unpaired) electrons. The number of carbonyl (C=O) groups is 4. The largest absolute Gasteiger partial charge is 0.377 e. The van der Waals surface area contributed by atoms with Gasteiger partial charge < -0.3 is 10.1 Å². The molecule has 1 saturated heterocycles. The van der Waals surface area contributed by atoms with E-state index in [1.54, 1.807) is 0 Å². The number of hydrogen-bond donors (Lipinski definition) is 1. The maximum Gasteiger partial charge on any atom is 0.335 e. The van der Waals surface area contributed by atoms with Crippen molar-refractivity contribution in [2.45, 2.75) is 20.1 Å². The average Bonchev–Trinajstić information content (AvgIpc) is 2.83. The minimum absolute atomic E-state index is 0.0771. The van der Waals surface area contributed by atoms with Gasteiger partial charge in [0.1, 0.15) is 6.54 Å². The monoisotopic (exact) mass is 359 g/mol. The Morgan fingerprint density at radius 2 is 1.81 bits per heavy atom. The second-order valence-corrected chi connectivity index (χ2v) is 5.56. The average molecular weight is 359 g/mol. The number of ether oxygens (including phenoxy) is 1. The first-order valence-electron chi connectivity index (χ1n) is 8.19. The van der Waals surface area contributed by atoms with Crippen LogP contribution in [0.25, 0.3) is 0 Å². The normalized spacial score (nSPS) is 14.1. The van der Waals surface area contributed by atoms with E-state index < -0.39 is 30.3 Å². The molecular formula is C18H21N3O5. The van der Waals surface area contributed by atoms with Gasteiger partial charge in [-0.25, -0.2) is 9.69 Å². The molecule has 0 atom stereocenters. The molecule has 0 bridgehead atoms. The van der Waals surface area contributed by atoms with E-state index in [0.717, 1.165) is 16.0 Å². The summed E-state index contributed by atoms with van der Waals surface area (Å²) in [6.07, 6.45) is 1.34. The van der Waals surface area contributed by atoms with Gasteiger partial charge in [-0.3, -0.25) is 19.3 Å². The third kappa shape index (κ3) is 4.34. The second-order valence-electron chi connectivity index (χ2n) is 5.56. The summed E-state index contributed by atoms with van der Waals surface area (Å²) in [5, 5.41) is 2.65. The highest BCUT2D eigenvalue weighted by Crippen LogP contribution is 2.12. The number of nitrogens with zero attached hydrogens (tertiary/aromatic N) is 2. The Hall–Kier alpha value is -3.00. The molecular weight excluding hydrogens is 338 g/mol. The zero-order chi connectivity index (χ0) is 19.1. The summed E-state index contributed by atoms with van der Waals surface area (Å²) in [6.45, 7) is 5.97. The first-order chi connectivity index (χ1) is 12.5. The molecule has 0 aromatic heterocycles. The summed E-state index contributed by atoms with van der Waals surface area (Å²) in [5.74, 6) is -2.50. The third-order valence-electron chi connectivity index (χ3n) is 3.80. The number of benzene rings is 1. The van der Waals surface area contributed by atoms with Crippen molar-refractivity contribution in [3.05, 3.63) is 48.0 Å². The summed E-state index contributed by atoms with van der Waals surface area (Å²) < 4.78 is 5.39. The molecule has 1 fully saturated rings. The Bertz CT molecular complexity index is 731. The standard InChI is InChI=1S/C18H21N3O5/c1-3-9-20-16(23)17(24)21(18(20)25)11-15(22)19-10-13-7-5-6-8-14(13)12-26-4-2/h3,5-8H,1,4,9-12H2,2H3,(H,19,22). The lowest BCUT2D eigenvalue weighted by Crippen LogP contribution is -2.41. The van der Waals surface area contributed by atoms with Crippen molar-refractivity contribution in [3.63, 3.8) is 0 Å². The molecule has 1 aromatic rings. The highest BCUT2D eigenvalue weighted by Gasteiger charge is 2.44. The van der Waals surface area contributed by atoms with Gasteiger partial charge >= 0.3 is 17.8 Å². The second kappa shape index (κ2) is 8.91. The fourth-order valence-electron chi connectivity index (χ4n) is 2.46. The Morgan fingerprint density at radius 3 is 2.46 bits per heavy atom. The minimum atomic E-state index is -1.01. The molecule has 26 heavy (non-hydrogen) atoms. The van der Waals surface area contributed by atoms with Gasteiger partial charge in [0, 0.05) is 19.7 Å². The van der Waals surface area contributed by atoms with Crippen LogP contribution in [-0.2, 0) is 32.3 Å². The van der Waals surface area contributed by atoms with E-state index >= 15 is 0 Å². The van der Waals surface area contributed by atoms with Crippen LogP contribution >= 0.6 is 0 Å². The first-order valence-corrected chi connectivity index (χ1v) is 8.19. The molecule has 0 unspecified atom stereocenters. The van der Waals surface area contributed by atoms with Crippen LogP contribution in [0.15, 0.2) is 36.9 Å². The van der Waals surface area contributed by atoms with E-state index in [1.807, 2.05) is 31.2 Å². The van der Waals surface area contributed by atoms with Crippen LogP contribution in [0.2, 0.25) is 0 Å². The number of amides is 5. The number of rotatable bonds is 9. The Labute approximate surface area is 151 Å². The van der Waals surface area contributed by atoms with E-state index in [9.17, 15) is 19.2 Å². The highest BCUT2D eigenvalue weighted by molar-refractivity contribution is 6.45. The van der Waals surface area contributed by atoms with Crippen molar-refractivity contribution in [2.75, 3.05) is 19.7 Å². The van der Waals surface area contributed by atoms with E-state index in [0.29, 0.717) is 18.1 Å². The van der Waals surface area contributed by atoms with Gasteiger partial charge in [-0.15, -0.1) is 6.58 Å². The smallest absolute Gasteiger partial charge is 0.335 e.